The van der Waals surface area contributed by atoms with Gasteiger partial charge in [-0.3, -0.25) is 9.59 Å². The molecule has 0 bridgehead atoms. The lowest BCUT2D eigenvalue weighted by molar-refractivity contribution is -0.134. The second-order valence-corrected chi connectivity index (χ2v) is 8.19. The Morgan fingerprint density at radius 2 is 2.03 bits per heavy atom. The third kappa shape index (κ3) is 4.66. The maximum Gasteiger partial charge on any atom is 0.260 e. The molecular weight excluding hydrogens is 413 g/mol. The molecule has 2 aromatic rings. The summed E-state index contributed by atoms with van der Waals surface area (Å²) in [5.74, 6) is 1.00. The van der Waals surface area contributed by atoms with Crippen molar-refractivity contribution in [2.24, 2.45) is 0 Å². The Bertz CT molecular complexity index is 998. The minimum absolute atomic E-state index is 0.0641. The highest BCUT2D eigenvalue weighted by Gasteiger charge is 2.29. The summed E-state index contributed by atoms with van der Waals surface area (Å²) >= 11 is 0. The van der Waals surface area contributed by atoms with Crippen molar-refractivity contribution in [3.05, 3.63) is 47.2 Å². The van der Waals surface area contributed by atoms with Gasteiger partial charge in [0.1, 0.15) is 11.6 Å². The van der Waals surface area contributed by atoms with Gasteiger partial charge in [-0.1, -0.05) is 12.1 Å². The number of fused-ring (bicyclic) bond motifs is 1. The predicted molar refractivity (Wildman–Crippen MR) is 117 cm³/mol. The summed E-state index contributed by atoms with van der Waals surface area (Å²) < 4.78 is 19.1. The normalized spacial score (nSPS) is 18.2. The molecule has 8 nitrogen and oxygen atoms in total. The number of para-hydroxylation sites is 1. The lowest BCUT2D eigenvalue weighted by Crippen LogP contribution is -2.40. The van der Waals surface area contributed by atoms with E-state index in [0.29, 0.717) is 31.9 Å². The number of aromatic nitrogens is 2. The molecule has 2 aliphatic rings. The van der Waals surface area contributed by atoms with E-state index in [9.17, 15) is 14.0 Å². The summed E-state index contributed by atoms with van der Waals surface area (Å²) in [5.41, 5.74) is 1.82. The monoisotopic (exact) mass is 441 g/mol. The molecule has 170 valence electrons. The zero-order valence-corrected chi connectivity index (χ0v) is 18.4. The highest BCUT2D eigenvalue weighted by Crippen LogP contribution is 2.30. The van der Waals surface area contributed by atoms with E-state index in [2.05, 4.69) is 5.32 Å². The first-order valence-electron chi connectivity index (χ1n) is 10.9. The first-order chi connectivity index (χ1) is 15.5. The van der Waals surface area contributed by atoms with E-state index < -0.39 is 5.82 Å². The summed E-state index contributed by atoms with van der Waals surface area (Å²) in [6, 6.07) is 6.04. The minimum atomic E-state index is -0.492. The van der Waals surface area contributed by atoms with Crippen molar-refractivity contribution in [3.8, 4) is 5.75 Å². The molecule has 1 aromatic heterocycles. The number of hydrogen-bond acceptors (Lipinski definition) is 6. The Hall–Kier alpha value is -3.23. The van der Waals surface area contributed by atoms with Crippen LogP contribution in [0, 0.1) is 5.82 Å². The number of hydrogen-bond donors (Lipinski definition) is 1. The van der Waals surface area contributed by atoms with Crippen LogP contribution < -0.4 is 10.1 Å². The average Bonchev–Trinajstić information content (AvgIpc) is 2.82. The van der Waals surface area contributed by atoms with E-state index in [4.69, 9.17) is 14.7 Å². The third-order valence-corrected chi connectivity index (χ3v) is 6.09. The number of carbonyl (C=O) groups is 2. The molecule has 9 heteroatoms. The molecule has 0 saturated carbocycles. The number of piperidine rings is 1. The van der Waals surface area contributed by atoms with Gasteiger partial charge in [-0.15, -0.1) is 0 Å². The van der Waals surface area contributed by atoms with Gasteiger partial charge >= 0.3 is 0 Å². The second-order valence-electron chi connectivity index (χ2n) is 8.19. The van der Waals surface area contributed by atoms with E-state index in [1.54, 1.807) is 31.0 Å². The molecule has 32 heavy (non-hydrogen) atoms. The fourth-order valence-corrected chi connectivity index (χ4v) is 4.30. The van der Waals surface area contributed by atoms with Crippen molar-refractivity contribution in [2.45, 2.75) is 38.6 Å². The molecule has 0 radical (unpaired) electrons. The van der Waals surface area contributed by atoms with Crippen LogP contribution in [0.3, 0.4) is 0 Å². The first-order valence-corrected chi connectivity index (χ1v) is 10.9. The Balaban J connectivity index is 1.46. The Labute approximate surface area is 186 Å². The maximum atomic E-state index is 13.7. The van der Waals surface area contributed by atoms with Gasteiger partial charge in [0.05, 0.1) is 12.2 Å². The van der Waals surface area contributed by atoms with Crippen LogP contribution in [0.1, 0.15) is 42.8 Å². The quantitative estimate of drug-likeness (QED) is 0.767. The van der Waals surface area contributed by atoms with Gasteiger partial charge < -0.3 is 19.9 Å². The zero-order valence-electron chi connectivity index (χ0n) is 18.4. The Morgan fingerprint density at radius 1 is 1.22 bits per heavy atom. The van der Waals surface area contributed by atoms with Crippen molar-refractivity contribution in [1.82, 2.24) is 19.8 Å². The van der Waals surface area contributed by atoms with Gasteiger partial charge in [-0.25, -0.2) is 14.4 Å². The van der Waals surface area contributed by atoms with E-state index >= 15 is 0 Å². The molecule has 1 saturated heterocycles. The second kappa shape index (κ2) is 9.50. The highest BCUT2D eigenvalue weighted by molar-refractivity contribution is 5.78. The third-order valence-electron chi connectivity index (χ3n) is 6.09. The molecule has 1 aromatic carbocycles. The highest BCUT2D eigenvalue weighted by atomic mass is 19.1. The van der Waals surface area contributed by atoms with Gasteiger partial charge in [0, 0.05) is 51.5 Å². The minimum Gasteiger partial charge on any atom is -0.481 e. The van der Waals surface area contributed by atoms with E-state index in [1.807, 2.05) is 4.90 Å². The molecule has 2 amide bonds. The predicted octanol–water partition coefficient (Wildman–Crippen LogP) is 2.35. The van der Waals surface area contributed by atoms with Gasteiger partial charge in [0.15, 0.2) is 18.2 Å². The van der Waals surface area contributed by atoms with E-state index in [1.165, 1.54) is 12.1 Å². The van der Waals surface area contributed by atoms with Crippen molar-refractivity contribution >= 4 is 17.6 Å². The average molecular weight is 442 g/mol. The number of carbonyl (C=O) groups excluding carboxylic acids is 2. The standard InChI is InChI=1S/C23H28FN5O3/c1-15(30)28-10-5-6-16(12-28)22-26-19-9-11-29(13-17(19)23(25-2)27-22)21(31)14-32-20-8-4-3-7-18(20)24/h3-4,7-8,16H,5-6,9-14H2,1-2H3,(H,25,26,27)/t16-/m0/s1. The van der Waals surface area contributed by atoms with Crippen molar-refractivity contribution in [1.29, 1.82) is 0 Å². The van der Waals surface area contributed by atoms with Crippen molar-refractivity contribution < 1.29 is 18.7 Å². The summed E-state index contributed by atoms with van der Waals surface area (Å²) in [4.78, 5) is 37.6. The number of rotatable bonds is 5. The smallest absolute Gasteiger partial charge is 0.260 e. The number of amides is 2. The Kier molecular flexibility index (Phi) is 6.53. The summed E-state index contributed by atoms with van der Waals surface area (Å²) in [5, 5.41) is 3.14. The number of benzene rings is 1. The van der Waals surface area contributed by atoms with Crippen LogP contribution in [0.5, 0.6) is 5.75 Å². The van der Waals surface area contributed by atoms with Crippen LogP contribution in [-0.4, -0.2) is 64.9 Å². The van der Waals surface area contributed by atoms with Gasteiger partial charge in [-0.05, 0) is 25.0 Å². The molecule has 4 rings (SSSR count). The van der Waals surface area contributed by atoms with Crippen molar-refractivity contribution in [2.75, 3.05) is 38.6 Å². The van der Waals surface area contributed by atoms with Crippen LogP contribution in [0.25, 0.3) is 0 Å². The summed E-state index contributed by atoms with van der Waals surface area (Å²) in [6.45, 7) is 3.66. The molecule has 0 aliphatic carbocycles. The largest absolute Gasteiger partial charge is 0.481 e. The van der Waals surface area contributed by atoms with Crippen molar-refractivity contribution in [3.63, 3.8) is 0 Å². The first kappa shape index (κ1) is 22.0. The summed E-state index contributed by atoms with van der Waals surface area (Å²) in [7, 11) is 1.80. The van der Waals surface area contributed by atoms with Gasteiger partial charge in [0.25, 0.3) is 5.91 Å². The summed E-state index contributed by atoms with van der Waals surface area (Å²) in [6.07, 6.45) is 2.49. The topological polar surface area (TPSA) is 87.7 Å². The van der Waals surface area contributed by atoms with Crippen LogP contribution >= 0.6 is 0 Å². The van der Waals surface area contributed by atoms with Crippen LogP contribution in [0.4, 0.5) is 10.2 Å². The van der Waals surface area contributed by atoms with Gasteiger partial charge in [0.2, 0.25) is 5.91 Å². The molecule has 1 fully saturated rings. The molecule has 1 atom stereocenters. The number of anilines is 1. The lowest BCUT2D eigenvalue weighted by Gasteiger charge is -2.33. The van der Waals surface area contributed by atoms with Crippen LogP contribution in [-0.2, 0) is 22.6 Å². The maximum absolute atomic E-state index is 13.7. The number of nitrogens with one attached hydrogen (secondary N) is 1. The molecule has 0 unspecified atom stereocenters. The fraction of sp³-hybridized carbons (Fsp3) is 0.478. The molecular formula is C23H28FN5O3. The number of nitrogens with zero attached hydrogens (tertiary/aromatic N) is 4. The SMILES string of the molecule is CNc1nc([C@H]2CCCN(C(C)=O)C2)nc2c1CN(C(=O)COc1ccccc1F)CC2. The Morgan fingerprint density at radius 3 is 2.78 bits per heavy atom. The van der Waals surface area contributed by atoms with E-state index in [-0.39, 0.29) is 30.1 Å². The molecule has 1 N–H and O–H groups in total. The number of ether oxygens (including phenoxy) is 1. The lowest BCUT2D eigenvalue weighted by atomic mass is 9.96. The molecule has 3 heterocycles. The fourth-order valence-electron chi connectivity index (χ4n) is 4.30. The number of halogens is 1. The van der Waals surface area contributed by atoms with Crippen LogP contribution in [0.15, 0.2) is 24.3 Å². The van der Waals surface area contributed by atoms with Crippen LogP contribution in [0.2, 0.25) is 0 Å². The molecule has 0 spiro atoms. The van der Waals surface area contributed by atoms with E-state index in [0.717, 1.165) is 36.5 Å². The number of likely N-dealkylation sites (tertiary alicyclic amines) is 1. The zero-order chi connectivity index (χ0) is 22.7. The molecule has 2 aliphatic heterocycles. The van der Waals surface area contributed by atoms with Gasteiger partial charge in [-0.2, -0.15) is 0 Å².